The zero-order valence-corrected chi connectivity index (χ0v) is 13.1. The van der Waals surface area contributed by atoms with E-state index in [0.717, 1.165) is 30.8 Å². The molecule has 0 atom stereocenters. The van der Waals surface area contributed by atoms with Gasteiger partial charge in [0.25, 0.3) is 0 Å². The summed E-state index contributed by atoms with van der Waals surface area (Å²) in [4.78, 5) is 0. The molecule has 2 nitrogen and oxygen atoms in total. The van der Waals surface area contributed by atoms with E-state index in [1.54, 1.807) is 7.11 Å². The van der Waals surface area contributed by atoms with Crippen molar-refractivity contribution in [2.24, 2.45) is 5.92 Å². The minimum absolute atomic E-state index is 0.654. The molecule has 0 saturated heterocycles. The van der Waals surface area contributed by atoms with Gasteiger partial charge in [-0.1, -0.05) is 50.1 Å². The number of ether oxygens (including phenoxy) is 1. The second-order valence-corrected chi connectivity index (χ2v) is 5.48. The Balaban J connectivity index is 2.71. The van der Waals surface area contributed by atoms with Crippen molar-refractivity contribution in [3.8, 4) is 5.75 Å². The number of rotatable bonds is 7. The van der Waals surface area contributed by atoms with Crippen molar-refractivity contribution in [2.75, 3.05) is 20.2 Å². The Morgan fingerprint density at radius 3 is 2.68 bits per heavy atom. The molecule has 0 fully saturated rings. The fraction of sp³-hybridized carbons (Fsp3) is 0.500. The molecule has 0 heterocycles. The number of nitrogens with one attached hydrogen (secondary N) is 1. The lowest BCUT2D eigenvalue weighted by Gasteiger charge is -2.10. The van der Waals surface area contributed by atoms with Crippen LogP contribution in [0.2, 0.25) is 5.02 Å². The molecular weight excluding hydrogens is 258 g/mol. The fourth-order valence-electron chi connectivity index (χ4n) is 1.81. The van der Waals surface area contributed by atoms with Gasteiger partial charge in [0.05, 0.1) is 12.1 Å². The average Bonchev–Trinajstić information content (AvgIpc) is 2.37. The van der Waals surface area contributed by atoms with Crippen molar-refractivity contribution in [2.45, 2.75) is 27.2 Å². The van der Waals surface area contributed by atoms with Crippen LogP contribution in [0.15, 0.2) is 23.8 Å². The lowest BCUT2D eigenvalue weighted by atomic mass is 10.1. The van der Waals surface area contributed by atoms with Gasteiger partial charge in [-0.3, -0.25) is 0 Å². The summed E-state index contributed by atoms with van der Waals surface area (Å²) in [6.45, 7) is 8.57. The van der Waals surface area contributed by atoms with Gasteiger partial charge in [-0.2, -0.15) is 0 Å². The third-order valence-corrected chi connectivity index (χ3v) is 3.20. The Labute approximate surface area is 121 Å². The summed E-state index contributed by atoms with van der Waals surface area (Å²) in [6.07, 6.45) is 3.23. The first-order valence-electron chi connectivity index (χ1n) is 6.80. The maximum Gasteiger partial charge on any atom is 0.137 e. The van der Waals surface area contributed by atoms with Crippen molar-refractivity contribution in [1.29, 1.82) is 0 Å². The van der Waals surface area contributed by atoms with Crippen LogP contribution < -0.4 is 10.1 Å². The molecule has 0 radical (unpaired) electrons. The van der Waals surface area contributed by atoms with Crippen LogP contribution >= 0.6 is 11.6 Å². The molecule has 1 N–H and O–H groups in total. The highest BCUT2D eigenvalue weighted by Crippen LogP contribution is 2.26. The van der Waals surface area contributed by atoms with Gasteiger partial charge in [0.15, 0.2) is 0 Å². The van der Waals surface area contributed by atoms with Gasteiger partial charge in [0.1, 0.15) is 5.75 Å². The van der Waals surface area contributed by atoms with E-state index < -0.39 is 0 Å². The second kappa shape index (κ2) is 8.23. The second-order valence-electron chi connectivity index (χ2n) is 5.07. The Hall–Kier alpha value is -0.990. The van der Waals surface area contributed by atoms with Crippen LogP contribution in [0.5, 0.6) is 5.75 Å². The summed E-state index contributed by atoms with van der Waals surface area (Å²) >= 11 is 6.13. The van der Waals surface area contributed by atoms with Gasteiger partial charge in [-0.15, -0.1) is 0 Å². The van der Waals surface area contributed by atoms with Crippen LogP contribution in [-0.2, 0) is 0 Å². The molecule has 0 spiro atoms. The van der Waals surface area contributed by atoms with Crippen molar-refractivity contribution < 1.29 is 4.74 Å². The third kappa shape index (κ3) is 5.66. The predicted molar refractivity (Wildman–Crippen MR) is 84.0 cm³/mol. The Morgan fingerprint density at radius 2 is 2.16 bits per heavy atom. The molecule has 106 valence electrons. The summed E-state index contributed by atoms with van der Waals surface area (Å²) in [5.41, 5.74) is 2.50. The first-order valence-corrected chi connectivity index (χ1v) is 7.18. The Bertz CT molecular complexity index is 427. The van der Waals surface area contributed by atoms with Crippen LogP contribution in [0.3, 0.4) is 0 Å². The molecule has 0 aromatic heterocycles. The molecule has 19 heavy (non-hydrogen) atoms. The van der Waals surface area contributed by atoms with E-state index in [1.807, 2.05) is 18.2 Å². The van der Waals surface area contributed by atoms with E-state index in [4.69, 9.17) is 16.3 Å². The van der Waals surface area contributed by atoms with Crippen LogP contribution in [0, 0.1) is 5.92 Å². The molecule has 0 unspecified atom stereocenters. The molecule has 0 bridgehead atoms. The number of hydrogen-bond acceptors (Lipinski definition) is 2. The standard InChI is InChI=1S/C16H24ClNO/c1-5-13(11-18-10-12(2)3)8-14-6-7-16(19-4)15(17)9-14/h6-9,12,18H,5,10-11H2,1-4H3. The normalized spacial score (nSPS) is 12.0. The molecule has 0 aliphatic rings. The van der Waals surface area contributed by atoms with Gasteiger partial charge in [-0.05, 0) is 36.6 Å². The topological polar surface area (TPSA) is 21.3 Å². The molecule has 0 aliphatic heterocycles. The first kappa shape index (κ1) is 16.1. The molecule has 3 heteroatoms. The van der Waals surface area contributed by atoms with E-state index in [1.165, 1.54) is 5.57 Å². The average molecular weight is 282 g/mol. The smallest absolute Gasteiger partial charge is 0.137 e. The highest BCUT2D eigenvalue weighted by atomic mass is 35.5. The van der Waals surface area contributed by atoms with Crippen molar-refractivity contribution in [3.05, 3.63) is 34.4 Å². The van der Waals surface area contributed by atoms with Crippen molar-refractivity contribution in [3.63, 3.8) is 0 Å². The highest BCUT2D eigenvalue weighted by Gasteiger charge is 2.02. The molecular formula is C16H24ClNO. The number of methoxy groups -OCH3 is 1. The van der Waals surface area contributed by atoms with Crippen LogP contribution in [-0.4, -0.2) is 20.2 Å². The minimum atomic E-state index is 0.654. The van der Waals surface area contributed by atoms with Gasteiger partial charge in [0, 0.05) is 6.54 Å². The Morgan fingerprint density at radius 1 is 1.42 bits per heavy atom. The molecule has 0 amide bonds. The lowest BCUT2D eigenvalue weighted by molar-refractivity contribution is 0.415. The number of benzene rings is 1. The summed E-state index contributed by atoms with van der Waals surface area (Å²) in [7, 11) is 1.63. The summed E-state index contributed by atoms with van der Waals surface area (Å²) in [5.74, 6) is 1.39. The number of hydrogen-bond donors (Lipinski definition) is 1. The quantitative estimate of drug-likeness (QED) is 0.800. The zero-order valence-electron chi connectivity index (χ0n) is 12.3. The molecule has 0 aliphatic carbocycles. The highest BCUT2D eigenvalue weighted by molar-refractivity contribution is 6.32. The SMILES string of the molecule is CCC(=Cc1ccc(OC)c(Cl)c1)CNCC(C)C. The Kier molecular flexibility index (Phi) is 6.96. The molecule has 1 rings (SSSR count). The summed E-state index contributed by atoms with van der Waals surface area (Å²) in [6, 6.07) is 5.88. The van der Waals surface area contributed by atoms with E-state index >= 15 is 0 Å². The number of halogens is 1. The zero-order chi connectivity index (χ0) is 14.3. The van der Waals surface area contributed by atoms with E-state index in [2.05, 4.69) is 32.2 Å². The predicted octanol–water partition coefficient (Wildman–Crippen LogP) is 4.39. The van der Waals surface area contributed by atoms with Crippen LogP contribution in [0.4, 0.5) is 0 Å². The maximum atomic E-state index is 6.13. The summed E-state index contributed by atoms with van der Waals surface area (Å²) in [5, 5.41) is 4.12. The van der Waals surface area contributed by atoms with Crippen molar-refractivity contribution >= 4 is 17.7 Å². The van der Waals surface area contributed by atoms with Gasteiger partial charge in [0.2, 0.25) is 0 Å². The lowest BCUT2D eigenvalue weighted by Crippen LogP contribution is -2.21. The van der Waals surface area contributed by atoms with Gasteiger partial charge < -0.3 is 10.1 Å². The van der Waals surface area contributed by atoms with Gasteiger partial charge in [-0.25, -0.2) is 0 Å². The van der Waals surface area contributed by atoms with E-state index in [-0.39, 0.29) is 0 Å². The first-order chi connectivity index (χ1) is 9.06. The van der Waals surface area contributed by atoms with Crippen LogP contribution in [0.1, 0.15) is 32.8 Å². The molecule has 1 aromatic carbocycles. The maximum absolute atomic E-state index is 6.13. The minimum Gasteiger partial charge on any atom is -0.495 e. The largest absolute Gasteiger partial charge is 0.495 e. The molecule has 1 aromatic rings. The van der Waals surface area contributed by atoms with Crippen LogP contribution in [0.25, 0.3) is 6.08 Å². The molecule has 0 saturated carbocycles. The third-order valence-electron chi connectivity index (χ3n) is 2.91. The van der Waals surface area contributed by atoms with Crippen molar-refractivity contribution in [1.82, 2.24) is 5.32 Å². The summed E-state index contributed by atoms with van der Waals surface area (Å²) < 4.78 is 5.16. The fourth-order valence-corrected chi connectivity index (χ4v) is 2.07. The van der Waals surface area contributed by atoms with E-state index in [9.17, 15) is 0 Å². The van der Waals surface area contributed by atoms with Gasteiger partial charge >= 0.3 is 0 Å². The monoisotopic (exact) mass is 281 g/mol. The van der Waals surface area contributed by atoms with E-state index in [0.29, 0.717) is 10.9 Å².